The fourth-order valence-corrected chi connectivity index (χ4v) is 3.45. The van der Waals surface area contributed by atoms with Gasteiger partial charge < -0.3 is 19.7 Å². The maximum absolute atomic E-state index is 10.5. The molecule has 24 heavy (non-hydrogen) atoms. The van der Waals surface area contributed by atoms with Crippen molar-refractivity contribution in [2.45, 2.75) is 39.2 Å². The summed E-state index contributed by atoms with van der Waals surface area (Å²) in [5.41, 5.74) is -0.321. The minimum atomic E-state index is -0.475. The fourth-order valence-electron chi connectivity index (χ4n) is 3.45. The molecule has 0 saturated carbocycles. The number of aliphatic hydroxyl groups is 2. The maximum atomic E-state index is 10.5. The van der Waals surface area contributed by atoms with E-state index in [9.17, 15) is 10.2 Å². The summed E-state index contributed by atoms with van der Waals surface area (Å²) in [6.45, 7) is 7.59. The van der Waals surface area contributed by atoms with Crippen molar-refractivity contribution >= 4 is 0 Å². The molecular formula is C19H31NO4. The van der Waals surface area contributed by atoms with Crippen LogP contribution in [0.4, 0.5) is 0 Å². The predicted molar refractivity (Wildman–Crippen MR) is 94.6 cm³/mol. The van der Waals surface area contributed by atoms with Crippen LogP contribution in [-0.2, 0) is 0 Å². The van der Waals surface area contributed by atoms with Crippen molar-refractivity contribution in [1.82, 2.24) is 4.90 Å². The zero-order valence-electron chi connectivity index (χ0n) is 14.9. The van der Waals surface area contributed by atoms with Crippen molar-refractivity contribution in [3.05, 3.63) is 24.3 Å². The first-order valence-corrected chi connectivity index (χ1v) is 9.00. The normalized spacial score (nSPS) is 24.8. The van der Waals surface area contributed by atoms with Gasteiger partial charge in [0.1, 0.15) is 18.1 Å². The molecule has 1 aromatic carbocycles. The highest BCUT2D eigenvalue weighted by Gasteiger charge is 2.40. The summed E-state index contributed by atoms with van der Waals surface area (Å²) in [5.74, 6) is 1.62. The van der Waals surface area contributed by atoms with Crippen molar-refractivity contribution in [3.63, 3.8) is 0 Å². The number of ether oxygens (including phenoxy) is 2. The summed E-state index contributed by atoms with van der Waals surface area (Å²) >= 11 is 0. The molecule has 0 amide bonds. The summed E-state index contributed by atoms with van der Waals surface area (Å²) in [6.07, 6.45) is 2.21. The standard InChI is InChI=1S/C19H31NO4/c1-3-8-19(15-21)9-10-20(14-18(19)22)11-12-24-17-7-5-6-16(13-17)23-4-2/h5-7,13,18,21-22H,3-4,8-12,14-15H2,1-2H3/t18-,19-/m1/s1. The van der Waals surface area contributed by atoms with Crippen LogP contribution < -0.4 is 9.47 Å². The smallest absolute Gasteiger partial charge is 0.123 e. The van der Waals surface area contributed by atoms with Gasteiger partial charge in [-0.2, -0.15) is 0 Å². The molecule has 0 aromatic heterocycles. The van der Waals surface area contributed by atoms with Crippen LogP contribution in [-0.4, -0.2) is 60.7 Å². The van der Waals surface area contributed by atoms with Gasteiger partial charge in [0.25, 0.3) is 0 Å². The number of nitrogens with zero attached hydrogens (tertiary/aromatic N) is 1. The van der Waals surface area contributed by atoms with Gasteiger partial charge in [0.15, 0.2) is 0 Å². The molecule has 136 valence electrons. The van der Waals surface area contributed by atoms with Crippen molar-refractivity contribution < 1.29 is 19.7 Å². The third-order valence-corrected chi connectivity index (χ3v) is 4.92. The maximum Gasteiger partial charge on any atom is 0.123 e. The molecule has 1 aliphatic rings. The van der Waals surface area contributed by atoms with E-state index in [0.29, 0.717) is 19.8 Å². The van der Waals surface area contributed by atoms with E-state index < -0.39 is 6.10 Å². The molecule has 2 atom stereocenters. The Morgan fingerprint density at radius 2 is 2.00 bits per heavy atom. The lowest BCUT2D eigenvalue weighted by atomic mass is 9.73. The first kappa shape index (κ1) is 19.0. The van der Waals surface area contributed by atoms with E-state index in [1.54, 1.807) is 0 Å². The number of rotatable bonds is 9. The molecule has 1 aliphatic heterocycles. The molecule has 1 saturated heterocycles. The fraction of sp³-hybridized carbons (Fsp3) is 0.684. The van der Waals surface area contributed by atoms with E-state index in [-0.39, 0.29) is 12.0 Å². The lowest BCUT2D eigenvalue weighted by Gasteiger charge is -2.44. The number of hydrogen-bond acceptors (Lipinski definition) is 5. The summed E-state index contributed by atoms with van der Waals surface area (Å²) in [4.78, 5) is 2.21. The van der Waals surface area contributed by atoms with E-state index in [0.717, 1.165) is 43.9 Å². The Hall–Kier alpha value is -1.30. The van der Waals surface area contributed by atoms with Gasteiger partial charge in [0.2, 0.25) is 0 Å². The average molecular weight is 337 g/mol. The Morgan fingerprint density at radius 1 is 1.25 bits per heavy atom. The van der Waals surface area contributed by atoms with Crippen LogP contribution in [0.2, 0.25) is 0 Å². The summed E-state index contributed by atoms with van der Waals surface area (Å²) in [7, 11) is 0. The molecule has 0 bridgehead atoms. The van der Waals surface area contributed by atoms with Crippen molar-refractivity contribution in [1.29, 1.82) is 0 Å². The minimum Gasteiger partial charge on any atom is -0.494 e. The quantitative estimate of drug-likeness (QED) is 0.724. The lowest BCUT2D eigenvalue weighted by molar-refractivity contribution is -0.0797. The minimum absolute atomic E-state index is 0.0660. The number of benzene rings is 1. The number of piperidine rings is 1. The van der Waals surface area contributed by atoms with Gasteiger partial charge in [0.05, 0.1) is 19.3 Å². The van der Waals surface area contributed by atoms with Gasteiger partial charge in [-0.3, -0.25) is 4.90 Å². The first-order chi connectivity index (χ1) is 11.6. The van der Waals surface area contributed by atoms with Gasteiger partial charge in [-0.1, -0.05) is 19.4 Å². The number of hydrogen-bond donors (Lipinski definition) is 2. The molecule has 5 heteroatoms. The molecule has 0 unspecified atom stereocenters. The molecule has 1 aromatic rings. The van der Waals surface area contributed by atoms with Crippen molar-refractivity contribution in [2.24, 2.45) is 5.41 Å². The van der Waals surface area contributed by atoms with E-state index >= 15 is 0 Å². The third-order valence-electron chi connectivity index (χ3n) is 4.92. The van der Waals surface area contributed by atoms with Gasteiger partial charge in [-0.15, -0.1) is 0 Å². The molecule has 2 rings (SSSR count). The van der Waals surface area contributed by atoms with Gasteiger partial charge >= 0.3 is 0 Å². The van der Waals surface area contributed by atoms with Crippen LogP contribution in [0.1, 0.15) is 33.1 Å². The van der Waals surface area contributed by atoms with E-state index in [2.05, 4.69) is 11.8 Å². The summed E-state index contributed by atoms with van der Waals surface area (Å²) in [5, 5.41) is 20.2. The highest BCUT2D eigenvalue weighted by Crippen LogP contribution is 2.35. The van der Waals surface area contributed by atoms with Crippen LogP contribution in [0.25, 0.3) is 0 Å². The second kappa shape index (κ2) is 9.25. The van der Waals surface area contributed by atoms with Gasteiger partial charge in [0, 0.05) is 24.6 Å². The van der Waals surface area contributed by atoms with E-state index in [1.165, 1.54) is 0 Å². The molecule has 0 aliphatic carbocycles. The Bertz CT molecular complexity index is 496. The predicted octanol–water partition coefficient (Wildman–Crippen LogP) is 2.31. The Morgan fingerprint density at radius 3 is 2.62 bits per heavy atom. The molecule has 0 spiro atoms. The molecule has 1 fully saturated rings. The van der Waals surface area contributed by atoms with Gasteiger partial charge in [-0.05, 0) is 38.4 Å². The van der Waals surface area contributed by atoms with Crippen LogP contribution in [0, 0.1) is 5.41 Å². The average Bonchev–Trinajstić information content (AvgIpc) is 2.58. The third kappa shape index (κ3) is 4.85. The number of likely N-dealkylation sites (tertiary alicyclic amines) is 1. The summed E-state index contributed by atoms with van der Waals surface area (Å²) in [6, 6.07) is 7.66. The lowest BCUT2D eigenvalue weighted by Crippen LogP contribution is -2.53. The molecular weight excluding hydrogens is 306 g/mol. The number of β-amino-alcohol motifs (C(OH)–C–C–N with tert-alkyl or cyclic N) is 1. The van der Waals surface area contributed by atoms with Crippen molar-refractivity contribution in [3.8, 4) is 11.5 Å². The van der Waals surface area contributed by atoms with Crippen LogP contribution in [0.3, 0.4) is 0 Å². The largest absolute Gasteiger partial charge is 0.494 e. The monoisotopic (exact) mass is 337 g/mol. The zero-order valence-corrected chi connectivity index (χ0v) is 14.9. The second-order valence-corrected chi connectivity index (χ2v) is 6.59. The Balaban J connectivity index is 1.79. The highest BCUT2D eigenvalue weighted by atomic mass is 16.5. The molecule has 2 N–H and O–H groups in total. The zero-order chi connectivity index (χ0) is 17.4. The first-order valence-electron chi connectivity index (χ1n) is 9.00. The van der Waals surface area contributed by atoms with E-state index in [4.69, 9.17) is 9.47 Å². The number of aliphatic hydroxyl groups excluding tert-OH is 2. The molecule has 5 nitrogen and oxygen atoms in total. The molecule has 0 radical (unpaired) electrons. The highest BCUT2D eigenvalue weighted by molar-refractivity contribution is 5.32. The van der Waals surface area contributed by atoms with Crippen molar-refractivity contribution in [2.75, 3.05) is 39.5 Å². The second-order valence-electron chi connectivity index (χ2n) is 6.59. The topological polar surface area (TPSA) is 62.2 Å². The van der Waals surface area contributed by atoms with Gasteiger partial charge in [-0.25, -0.2) is 0 Å². The Kier molecular flexibility index (Phi) is 7.34. The van der Waals surface area contributed by atoms with Crippen LogP contribution >= 0.6 is 0 Å². The summed E-state index contributed by atoms with van der Waals surface area (Å²) < 4.78 is 11.3. The molecule has 1 heterocycles. The Labute approximate surface area is 145 Å². The van der Waals surface area contributed by atoms with Crippen LogP contribution in [0.15, 0.2) is 24.3 Å². The van der Waals surface area contributed by atoms with Crippen LogP contribution in [0.5, 0.6) is 11.5 Å². The SMILES string of the molecule is CCC[C@]1(CO)CCN(CCOc2cccc(OCC)c2)C[C@H]1O. The van der Waals surface area contributed by atoms with E-state index in [1.807, 2.05) is 31.2 Å².